The van der Waals surface area contributed by atoms with Crippen LogP contribution < -0.4 is 0 Å². The molecule has 3 fully saturated rings. The van der Waals surface area contributed by atoms with Gasteiger partial charge in [0.2, 0.25) is 5.91 Å². The number of urea groups is 1. The molecule has 24 heavy (non-hydrogen) atoms. The highest BCUT2D eigenvalue weighted by Crippen LogP contribution is 2.29. The molecule has 0 spiro atoms. The summed E-state index contributed by atoms with van der Waals surface area (Å²) in [6, 6.07) is 8.36. The number of fused-ring (bicyclic) bond motifs is 4. The molecule has 3 amide bonds. The van der Waals surface area contributed by atoms with Crippen LogP contribution in [-0.4, -0.2) is 66.4 Å². The smallest absolute Gasteiger partial charge is 0.319 e. The molecular weight excluding hydrogens is 302 g/mol. The number of carbonyl (C=O) groups excluding carboxylic acids is 2. The molecule has 5 heteroatoms. The quantitative estimate of drug-likeness (QED) is 0.834. The Morgan fingerprint density at radius 1 is 1.17 bits per heavy atom. The van der Waals surface area contributed by atoms with Gasteiger partial charge in [-0.05, 0) is 31.2 Å². The van der Waals surface area contributed by atoms with Crippen LogP contribution in [0.25, 0.3) is 0 Å². The minimum absolute atomic E-state index is 0.0554. The summed E-state index contributed by atoms with van der Waals surface area (Å²) in [6.45, 7) is 4.26. The van der Waals surface area contributed by atoms with E-state index >= 15 is 0 Å². The third-order valence-corrected chi connectivity index (χ3v) is 5.12. The molecule has 1 aromatic carbocycles. The molecule has 5 nitrogen and oxygen atoms in total. The van der Waals surface area contributed by atoms with Crippen molar-refractivity contribution in [2.45, 2.75) is 32.2 Å². The van der Waals surface area contributed by atoms with E-state index in [1.807, 2.05) is 34.9 Å². The molecule has 0 aliphatic carbocycles. The third kappa shape index (κ3) is 3.55. The van der Waals surface area contributed by atoms with Crippen molar-refractivity contribution in [3.05, 3.63) is 35.4 Å². The van der Waals surface area contributed by atoms with E-state index < -0.39 is 0 Å². The lowest BCUT2D eigenvalue weighted by Crippen LogP contribution is -2.49. The van der Waals surface area contributed by atoms with Gasteiger partial charge in [0.15, 0.2) is 0 Å². The Kier molecular flexibility index (Phi) is 4.78. The first-order chi connectivity index (χ1) is 11.4. The number of aryl methyl sites for hydroxylation is 1. The van der Waals surface area contributed by atoms with Crippen LogP contribution in [0.4, 0.5) is 4.79 Å². The van der Waals surface area contributed by atoms with Gasteiger partial charge in [0.05, 0.1) is 6.42 Å². The van der Waals surface area contributed by atoms with E-state index in [0.717, 1.165) is 31.5 Å². The highest BCUT2D eigenvalue weighted by molar-refractivity contribution is 5.80. The number of piperidine rings is 1. The number of hydrogen-bond donors (Lipinski definition) is 0. The SMILES string of the molecule is Cc1cccc(CC(=O)N2C[C@H]3CC[C@@H]2CN(C(=O)N(C)C)C3)c1. The normalized spacial score (nSPS) is 23.1. The highest BCUT2D eigenvalue weighted by atomic mass is 16.2. The summed E-state index contributed by atoms with van der Waals surface area (Å²) in [5.74, 6) is 0.587. The monoisotopic (exact) mass is 329 g/mol. The fraction of sp³-hybridized carbons (Fsp3) is 0.579. The first-order valence-electron chi connectivity index (χ1n) is 8.75. The van der Waals surface area contributed by atoms with Crippen molar-refractivity contribution in [1.29, 1.82) is 0 Å². The standard InChI is InChI=1S/C19H27N3O2/c1-14-5-4-6-15(9-14)10-18(23)22-12-16-7-8-17(22)13-21(11-16)19(24)20(2)3/h4-6,9,16-17H,7-8,10-13H2,1-3H3/t16-,17+/m0/s1. The molecular formula is C19H27N3O2. The Morgan fingerprint density at radius 2 is 1.96 bits per heavy atom. The zero-order valence-corrected chi connectivity index (χ0v) is 14.9. The second-order valence-electron chi connectivity index (χ2n) is 7.39. The zero-order chi connectivity index (χ0) is 17.3. The van der Waals surface area contributed by atoms with Gasteiger partial charge in [-0.15, -0.1) is 0 Å². The van der Waals surface area contributed by atoms with Gasteiger partial charge in [0.1, 0.15) is 0 Å². The zero-order valence-electron chi connectivity index (χ0n) is 14.9. The molecule has 0 unspecified atom stereocenters. The third-order valence-electron chi connectivity index (χ3n) is 5.12. The van der Waals surface area contributed by atoms with Crippen LogP contribution in [0.2, 0.25) is 0 Å². The predicted molar refractivity (Wildman–Crippen MR) is 93.8 cm³/mol. The number of benzene rings is 1. The summed E-state index contributed by atoms with van der Waals surface area (Å²) in [4.78, 5) is 30.7. The van der Waals surface area contributed by atoms with Crippen molar-refractivity contribution < 1.29 is 9.59 Å². The first-order valence-corrected chi connectivity index (χ1v) is 8.75. The van der Waals surface area contributed by atoms with Gasteiger partial charge in [0.25, 0.3) is 0 Å². The van der Waals surface area contributed by atoms with Crippen LogP contribution in [0, 0.1) is 12.8 Å². The molecule has 0 radical (unpaired) electrons. The molecule has 3 aliphatic rings. The average Bonchev–Trinajstić information content (AvgIpc) is 2.85. The summed E-state index contributed by atoms with van der Waals surface area (Å²) in [5.41, 5.74) is 2.25. The summed E-state index contributed by atoms with van der Waals surface area (Å²) in [6.07, 6.45) is 2.56. The van der Waals surface area contributed by atoms with Gasteiger partial charge in [-0.2, -0.15) is 0 Å². The van der Waals surface area contributed by atoms with Crippen LogP contribution in [0.1, 0.15) is 24.0 Å². The van der Waals surface area contributed by atoms with Gasteiger partial charge >= 0.3 is 6.03 Å². The summed E-state index contributed by atoms with van der Waals surface area (Å²) in [7, 11) is 3.57. The van der Waals surface area contributed by atoms with Crippen LogP contribution in [0.3, 0.4) is 0 Å². The van der Waals surface area contributed by atoms with Gasteiger partial charge in [0, 0.05) is 39.8 Å². The molecule has 0 saturated carbocycles. The van der Waals surface area contributed by atoms with Crippen molar-refractivity contribution in [3.8, 4) is 0 Å². The fourth-order valence-electron chi connectivity index (χ4n) is 3.92. The fourth-order valence-corrected chi connectivity index (χ4v) is 3.92. The minimum atomic E-state index is 0.0554. The number of hydrogen-bond acceptors (Lipinski definition) is 2. The van der Waals surface area contributed by atoms with E-state index in [1.165, 1.54) is 5.56 Å². The molecule has 0 N–H and O–H groups in total. The molecule has 3 heterocycles. The minimum Gasteiger partial charge on any atom is -0.337 e. The second kappa shape index (κ2) is 6.83. The van der Waals surface area contributed by atoms with Gasteiger partial charge in [-0.3, -0.25) is 4.79 Å². The van der Waals surface area contributed by atoms with E-state index in [2.05, 4.69) is 6.07 Å². The molecule has 3 saturated heterocycles. The second-order valence-corrected chi connectivity index (χ2v) is 7.39. The van der Waals surface area contributed by atoms with Gasteiger partial charge in [-0.1, -0.05) is 29.8 Å². The Labute approximate surface area is 144 Å². The van der Waals surface area contributed by atoms with Crippen LogP contribution >= 0.6 is 0 Å². The van der Waals surface area contributed by atoms with E-state index in [9.17, 15) is 9.59 Å². The lowest BCUT2D eigenvalue weighted by Gasteiger charge is -2.36. The Balaban J connectivity index is 1.71. The van der Waals surface area contributed by atoms with Crippen molar-refractivity contribution in [1.82, 2.24) is 14.7 Å². The topological polar surface area (TPSA) is 43.9 Å². The van der Waals surface area contributed by atoms with Crippen LogP contribution in [0.5, 0.6) is 0 Å². The lowest BCUT2D eigenvalue weighted by molar-refractivity contribution is -0.134. The maximum Gasteiger partial charge on any atom is 0.319 e. The molecule has 4 rings (SSSR count). The Bertz CT molecular complexity index is 629. The highest BCUT2D eigenvalue weighted by Gasteiger charge is 2.38. The van der Waals surface area contributed by atoms with Crippen molar-refractivity contribution in [2.75, 3.05) is 33.7 Å². The molecule has 1 aromatic rings. The maximum absolute atomic E-state index is 12.8. The number of amides is 3. The van der Waals surface area contributed by atoms with Gasteiger partial charge in [-0.25, -0.2) is 4.79 Å². The predicted octanol–water partition coefficient (Wildman–Crippen LogP) is 2.14. The number of carbonyl (C=O) groups is 2. The Morgan fingerprint density at radius 3 is 2.67 bits per heavy atom. The summed E-state index contributed by atoms with van der Waals surface area (Å²) >= 11 is 0. The van der Waals surface area contributed by atoms with E-state index in [-0.39, 0.29) is 18.0 Å². The van der Waals surface area contributed by atoms with Gasteiger partial charge < -0.3 is 14.7 Å². The molecule has 130 valence electrons. The number of rotatable bonds is 2. The molecule has 3 aliphatic heterocycles. The maximum atomic E-state index is 12.8. The molecule has 2 atom stereocenters. The largest absolute Gasteiger partial charge is 0.337 e. The Hall–Kier alpha value is -2.04. The van der Waals surface area contributed by atoms with Crippen molar-refractivity contribution in [2.24, 2.45) is 5.92 Å². The first kappa shape index (κ1) is 16.8. The van der Waals surface area contributed by atoms with Crippen molar-refractivity contribution in [3.63, 3.8) is 0 Å². The molecule has 2 bridgehead atoms. The summed E-state index contributed by atoms with van der Waals surface area (Å²) in [5, 5.41) is 0. The molecule has 0 aromatic heterocycles. The van der Waals surface area contributed by atoms with Crippen molar-refractivity contribution >= 4 is 11.9 Å². The van der Waals surface area contributed by atoms with E-state index in [1.54, 1.807) is 19.0 Å². The average molecular weight is 329 g/mol. The number of nitrogens with zero attached hydrogens (tertiary/aromatic N) is 3. The van der Waals surface area contributed by atoms with Crippen LogP contribution in [0.15, 0.2) is 24.3 Å². The summed E-state index contributed by atoms with van der Waals surface area (Å²) < 4.78 is 0. The van der Waals surface area contributed by atoms with Crippen LogP contribution in [-0.2, 0) is 11.2 Å². The van der Waals surface area contributed by atoms with E-state index in [0.29, 0.717) is 18.9 Å². The van der Waals surface area contributed by atoms with E-state index in [4.69, 9.17) is 0 Å². The lowest BCUT2D eigenvalue weighted by atomic mass is 9.94.